The Bertz CT molecular complexity index is 540. The zero-order chi connectivity index (χ0) is 11.1. The highest BCUT2D eigenvalue weighted by molar-refractivity contribution is 5.46. The van der Waals surface area contributed by atoms with Gasteiger partial charge in [0.25, 0.3) is 5.89 Å². The molecule has 0 aliphatic heterocycles. The lowest BCUT2D eigenvalue weighted by Gasteiger charge is -1.84. The molecule has 16 heavy (non-hydrogen) atoms. The van der Waals surface area contributed by atoms with E-state index in [1.807, 2.05) is 0 Å². The third-order valence-electron chi connectivity index (χ3n) is 2.37. The summed E-state index contributed by atoms with van der Waals surface area (Å²) in [5.41, 5.74) is 0. The minimum Gasteiger partial charge on any atom is -0.395 e. The topological polar surface area (TPSA) is 95.2 Å². The number of furan rings is 1. The van der Waals surface area contributed by atoms with Crippen LogP contribution in [0.1, 0.15) is 24.6 Å². The lowest BCUT2D eigenvalue weighted by Crippen LogP contribution is -1.83. The fraction of sp³-hybridized carbons (Fsp3) is 0.333. The molecule has 1 saturated carbocycles. The third kappa shape index (κ3) is 1.46. The van der Waals surface area contributed by atoms with E-state index in [-0.39, 0.29) is 17.5 Å². The van der Waals surface area contributed by atoms with Gasteiger partial charge in [0.2, 0.25) is 0 Å². The van der Waals surface area contributed by atoms with Gasteiger partial charge in [0.05, 0.1) is 6.07 Å². The zero-order valence-corrected chi connectivity index (χ0v) is 8.12. The van der Waals surface area contributed by atoms with Crippen molar-refractivity contribution in [2.75, 3.05) is 0 Å². The maximum absolute atomic E-state index is 10.4. The van der Waals surface area contributed by atoms with Crippen molar-refractivity contribution in [2.24, 2.45) is 0 Å². The van der Waals surface area contributed by atoms with Crippen molar-refractivity contribution in [1.29, 1.82) is 0 Å². The van der Waals surface area contributed by atoms with E-state index in [2.05, 4.69) is 10.1 Å². The number of aromatic nitrogens is 2. The molecule has 2 aromatic rings. The Labute approximate surface area is 89.2 Å². The van der Waals surface area contributed by atoms with Gasteiger partial charge < -0.3 is 8.94 Å². The normalized spacial score (nSPS) is 15.2. The first-order valence-electron chi connectivity index (χ1n) is 4.82. The minimum atomic E-state index is -0.609. The number of rotatable bonds is 3. The van der Waals surface area contributed by atoms with E-state index in [9.17, 15) is 10.1 Å². The van der Waals surface area contributed by atoms with E-state index in [0.29, 0.717) is 11.7 Å². The van der Waals surface area contributed by atoms with Crippen LogP contribution in [-0.2, 0) is 0 Å². The van der Waals surface area contributed by atoms with Gasteiger partial charge in [0.1, 0.15) is 4.92 Å². The molecule has 0 amide bonds. The predicted molar refractivity (Wildman–Crippen MR) is 50.6 cm³/mol. The Morgan fingerprint density at radius 1 is 1.44 bits per heavy atom. The second-order valence-corrected chi connectivity index (χ2v) is 3.63. The molecule has 7 heteroatoms. The van der Waals surface area contributed by atoms with Crippen molar-refractivity contribution in [3.63, 3.8) is 0 Å². The van der Waals surface area contributed by atoms with Crippen LogP contribution in [0.25, 0.3) is 11.7 Å². The molecule has 0 atom stereocenters. The molecule has 0 saturated heterocycles. The first-order valence-corrected chi connectivity index (χ1v) is 4.82. The Balaban J connectivity index is 1.91. The van der Waals surface area contributed by atoms with Crippen molar-refractivity contribution >= 4 is 5.88 Å². The Morgan fingerprint density at radius 2 is 2.25 bits per heavy atom. The first-order chi connectivity index (χ1) is 7.74. The van der Waals surface area contributed by atoms with Crippen molar-refractivity contribution in [3.8, 4) is 11.7 Å². The van der Waals surface area contributed by atoms with Crippen LogP contribution in [0, 0.1) is 10.1 Å². The van der Waals surface area contributed by atoms with E-state index in [1.165, 1.54) is 12.1 Å². The molecule has 7 nitrogen and oxygen atoms in total. The molecule has 0 N–H and O–H groups in total. The molecule has 0 radical (unpaired) electrons. The summed E-state index contributed by atoms with van der Waals surface area (Å²) in [5, 5.41) is 14.2. The molecule has 1 fully saturated rings. The van der Waals surface area contributed by atoms with Gasteiger partial charge in [-0.25, -0.2) is 0 Å². The highest BCUT2D eigenvalue weighted by Gasteiger charge is 2.29. The van der Waals surface area contributed by atoms with Crippen molar-refractivity contribution < 1.29 is 13.9 Å². The van der Waals surface area contributed by atoms with Gasteiger partial charge in [-0.1, -0.05) is 5.16 Å². The summed E-state index contributed by atoms with van der Waals surface area (Å²) in [6.45, 7) is 0. The summed E-state index contributed by atoms with van der Waals surface area (Å²) >= 11 is 0. The molecule has 0 aromatic carbocycles. The molecule has 0 spiro atoms. The monoisotopic (exact) mass is 221 g/mol. The number of hydrogen-bond donors (Lipinski definition) is 0. The van der Waals surface area contributed by atoms with Gasteiger partial charge in [0.15, 0.2) is 11.6 Å². The second kappa shape index (κ2) is 3.16. The summed E-state index contributed by atoms with van der Waals surface area (Å²) in [5.74, 6) is 1.11. The maximum atomic E-state index is 10.4. The van der Waals surface area contributed by atoms with Crippen LogP contribution in [0.5, 0.6) is 0 Å². The van der Waals surface area contributed by atoms with Gasteiger partial charge in [0, 0.05) is 5.92 Å². The van der Waals surface area contributed by atoms with E-state index < -0.39 is 4.92 Å². The van der Waals surface area contributed by atoms with Gasteiger partial charge in [-0.2, -0.15) is 4.98 Å². The maximum Gasteiger partial charge on any atom is 0.433 e. The molecule has 2 heterocycles. The Kier molecular flexibility index (Phi) is 1.79. The Morgan fingerprint density at radius 3 is 2.88 bits per heavy atom. The molecule has 3 rings (SSSR count). The second-order valence-electron chi connectivity index (χ2n) is 3.63. The van der Waals surface area contributed by atoms with Crippen molar-refractivity contribution in [2.45, 2.75) is 18.8 Å². The minimum absolute atomic E-state index is 0.190. The van der Waals surface area contributed by atoms with Crippen LogP contribution >= 0.6 is 0 Å². The molecule has 0 bridgehead atoms. The summed E-state index contributed by atoms with van der Waals surface area (Å²) < 4.78 is 9.92. The average molecular weight is 221 g/mol. The lowest BCUT2D eigenvalue weighted by atomic mass is 10.4. The SMILES string of the molecule is O=[N+]([O-])c1ccc(-c2nc(C3CC3)no2)o1. The van der Waals surface area contributed by atoms with Crippen LogP contribution in [0.3, 0.4) is 0 Å². The fourth-order valence-electron chi connectivity index (χ4n) is 1.38. The lowest BCUT2D eigenvalue weighted by molar-refractivity contribution is -0.401. The van der Waals surface area contributed by atoms with Gasteiger partial charge in [-0.15, -0.1) is 0 Å². The summed E-state index contributed by atoms with van der Waals surface area (Å²) in [7, 11) is 0. The molecular formula is C9H7N3O4. The first kappa shape index (κ1) is 9.08. The van der Waals surface area contributed by atoms with Crippen LogP contribution in [0.2, 0.25) is 0 Å². The highest BCUT2D eigenvalue weighted by Crippen LogP contribution is 2.39. The predicted octanol–water partition coefficient (Wildman–Crippen LogP) is 2.12. The van der Waals surface area contributed by atoms with Crippen LogP contribution in [0.4, 0.5) is 5.88 Å². The van der Waals surface area contributed by atoms with E-state index in [0.717, 1.165) is 12.8 Å². The summed E-state index contributed by atoms with van der Waals surface area (Å²) in [4.78, 5) is 13.9. The molecule has 1 aliphatic rings. The van der Waals surface area contributed by atoms with Gasteiger partial charge in [-0.05, 0) is 18.9 Å². The quantitative estimate of drug-likeness (QED) is 0.581. The van der Waals surface area contributed by atoms with Crippen molar-refractivity contribution in [1.82, 2.24) is 10.1 Å². The van der Waals surface area contributed by atoms with E-state index >= 15 is 0 Å². The molecule has 2 aromatic heterocycles. The highest BCUT2D eigenvalue weighted by atomic mass is 16.6. The van der Waals surface area contributed by atoms with E-state index in [1.54, 1.807) is 0 Å². The van der Waals surface area contributed by atoms with E-state index in [4.69, 9.17) is 8.94 Å². The number of hydrogen-bond acceptors (Lipinski definition) is 6. The van der Waals surface area contributed by atoms with Crippen molar-refractivity contribution in [3.05, 3.63) is 28.1 Å². The van der Waals surface area contributed by atoms with Gasteiger partial charge in [-0.3, -0.25) is 10.1 Å². The van der Waals surface area contributed by atoms with Crippen LogP contribution in [0.15, 0.2) is 21.1 Å². The van der Waals surface area contributed by atoms with Crippen LogP contribution < -0.4 is 0 Å². The third-order valence-corrected chi connectivity index (χ3v) is 2.37. The van der Waals surface area contributed by atoms with Crippen LogP contribution in [-0.4, -0.2) is 15.1 Å². The average Bonchev–Trinajstić information content (AvgIpc) is 2.83. The molecule has 0 unspecified atom stereocenters. The molecule has 1 aliphatic carbocycles. The Hall–Kier alpha value is -2.18. The molecular weight excluding hydrogens is 214 g/mol. The largest absolute Gasteiger partial charge is 0.433 e. The summed E-state index contributed by atoms with van der Waals surface area (Å²) in [6.07, 6.45) is 2.13. The molecule has 82 valence electrons. The zero-order valence-electron chi connectivity index (χ0n) is 8.12. The number of nitrogens with zero attached hydrogens (tertiary/aromatic N) is 3. The fourth-order valence-corrected chi connectivity index (χ4v) is 1.38. The smallest absolute Gasteiger partial charge is 0.395 e. The van der Waals surface area contributed by atoms with Gasteiger partial charge >= 0.3 is 5.88 Å². The summed E-state index contributed by atoms with van der Waals surface area (Å²) in [6, 6.07) is 2.71. The standard InChI is InChI=1S/C9H7N3O4/c13-12(14)7-4-3-6(15-7)9-10-8(11-16-9)5-1-2-5/h3-5H,1-2H2. The number of nitro groups is 1.